The Hall–Kier alpha value is -2.74. The fraction of sp³-hybridized carbons (Fsp3) is 0.548. The zero-order chi connectivity index (χ0) is 30.5. The molecule has 2 unspecified atom stereocenters. The molecule has 11 heteroatoms. The van der Waals surface area contributed by atoms with Gasteiger partial charge in [-0.1, -0.05) is 41.5 Å². The largest absolute Gasteiger partial charge is 0.507 e. The lowest BCUT2D eigenvalue weighted by molar-refractivity contribution is 0.0663. The van der Waals surface area contributed by atoms with Gasteiger partial charge in [0.25, 0.3) is 0 Å². The smallest absolute Gasteiger partial charge is 0.128 e. The average Bonchev–Trinajstić information content (AvgIpc) is 2.96. The number of benzene rings is 2. The molecule has 1 aliphatic rings. The number of hydrogen-bond donors (Lipinski definition) is 9. The quantitative estimate of drug-likeness (QED) is 0.161. The Balaban J connectivity index is 1.74. The minimum Gasteiger partial charge on any atom is -0.507 e. The zero-order valence-corrected chi connectivity index (χ0v) is 24.9. The summed E-state index contributed by atoms with van der Waals surface area (Å²) < 4.78 is 0. The van der Waals surface area contributed by atoms with Crippen molar-refractivity contribution in [2.75, 3.05) is 45.9 Å². The van der Waals surface area contributed by atoms with E-state index in [9.17, 15) is 20.4 Å². The number of phenols is 2. The van der Waals surface area contributed by atoms with E-state index in [1.165, 1.54) is 0 Å². The van der Waals surface area contributed by atoms with Gasteiger partial charge in [-0.25, -0.2) is 0 Å². The molecule has 2 aromatic rings. The van der Waals surface area contributed by atoms with Crippen molar-refractivity contribution >= 4 is 0 Å². The number of aromatic hydroxyl groups is 2. The summed E-state index contributed by atoms with van der Waals surface area (Å²) in [6, 6.07) is 7.71. The molecule has 11 nitrogen and oxygen atoms in total. The van der Waals surface area contributed by atoms with E-state index in [0.29, 0.717) is 30.8 Å². The van der Waals surface area contributed by atoms with Crippen LogP contribution < -0.4 is 16.0 Å². The Kier molecular flexibility index (Phi) is 14.0. The Bertz CT molecular complexity index is 1150. The van der Waals surface area contributed by atoms with E-state index in [1.54, 1.807) is 0 Å². The SMILES string of the molecule is Cc1cc(CNC(O)CO)c(O)c(CN2/C=C\CN(Cc3cc(C)cc(CNC(O)CO)c3O)CCCNCCC2)c1. The third-order valence-corrected chi connectivity index (χ3v) is 7.30. The Morgan fingerprint density at radius 3 is 1.81 bits per heavy atom. The van der Waals surface area contributed by atoms with Crippen molar-refractivity contribution in [1.29, 1.82) is 0 Å². The molecule has 1 heterocycles. The first-order chi connectivity index (χ1) is 20.2. The van der Waals surface area contributed by atoms with E-state index < -0.39 is 25.7 Å². The number of hydrogen-bond acceptors (Lipinski definition) is 11. The second-order valence-electron chi connectivity index (χ2n) is 11.1. The van der Waals surface area contributed by atoms with Gasteiger partial charge in [0.2, 0.25) is 0 Å². The van der Waals surface area contributed by atoms with Crippen molar-refractivity contribution < 1.29 is 30.6 Å². The van der Waals surface area contributed by atoms with Crippen molar-refractivity contribution in [3.8, 4) is 11.5 Å². The van der Waals surface area contributed by atoms with Crippen molar-refractivity contribution in [2.45, 2.75) is 65.3 Å². The molecule has 0 saturated heterocycles. The zero-order valence-electron chi connectivity index (χ0n) is 24.9. The second-order valence-corrected chi connectivity index (χ2v) is 11.1. The first kappa shape index (κ1) is 33.8. The van der Waals surface area contributed by atoms with Gasteiger partial charge in [0.05, 0.1) is 13.2 Å². The summed E-state index contributed by atoms with van der Waals surface area (Å²) in [5.41, 5.74) is 4.96. The van der Waals surface area contributed by atoms with Crippen LogP contribution in [0.1, 0.15) is 46.2 Å². The summed E-state index contributed by atoms with van der Waals surface area (Å²) >= 11 is 0. The summed E-state index contributed by atoms with van der Waals surface area (Å²) in [5.74, 6) is 0.379. The molecule has 0 radical (unpaired) electrons. The molecular weight excluding hydrogens is 538 g/mol. The minimum atomic E-state index is -1.05. The van der Waals surface area contributed by atoms with E-state index in [-0.39, 0.29) is 24.6 Å². The summed E-state index contributed by atoms with van der Waals surface area (Å²) in [5, 5.41) is 68.6. The van der Waals surface area contributed by atoms with Gasteiger partial charge in [-0.3, -0.25) is 15.5 Å². The van der Waals surface area contributed by atoms with Crippen LogP contribution in [0.3, 0.4) is 0 Å². The van der Waals surface area contributed by atoms with E-state index in [1.807, 2.05) is 38.1 Å². The summed E-state index contributed by atoms with van der Waals surface area (Å²) in [6.07, 6.45) is 4.02. The predicted molar refractivity (Wildman–Crippen MR) is 162 cm³/mol. The third-order valence-electron chi connectivity index (χ3n) is 7.30. The predicted octanol–water partition coefficient (Wildman–Crippen LogP) is 0.717. The molecule has 0 saturated carbocycles. The number of phenolic OH excluding ortho intramolecular Hbond substituents is 2. The van der Waals surface area contributed by atoms with Crippen molar-refractivity contribution in [2.24, 2.45) is 0 Å². The molecule has 2 aromatic carbocycles. The van der Waals surface area contributed by atoms with Crippen LogP contribution in [0, 0.1) is 13.8 Å². The lowest BCUT2D eigenvalue weighted by Gasteiger charge is -2.26. The number of nitrogens with zero attached hydrogens (tertiary/aromatic N) is 2. The lowest BCUT2D eigenvalue weighted by Crippen LogP contribution is -2.32. The summed E-state index contributed by atoms with van der Waals surface area (Å²) in [6.45, 7) is 8.81. The van der Waals surface area contributed by atoms with Gasteiger partial charge in [0.1, 0.15) is 24.0 Å². The van der Waals surface area contributed by atoms with Gasteiger partial charge in [0.15, 0.2) is 0 Å². The number of aryl methyl sites for hydroxylation is 2. The maximum Gasteiger partial charge on any atom is 0.128 e. The molecule has 0 bridgehead atoms. The second kappa shape index (κ2) is 17.4. The van der Waals surface area contributed by atoms with Gasteiger partial charge in [-0.15, -0.1) is 0 Å². The minimum absolute atomic E-state index is 0.184. The molecule has 234 valence electrons. The molecule has 0 spiro atoms. The number of aliphatic hydroxyl groups excluding tert-OH is 4. The topological polar surface area (TPSA) is 164 Å². The number of aliphatic hydroxyl groups is 4. The maximum atomic E-state index is 11.0. The third kappa shape index (κ3) is 10.8. The van der Waals surface area contributed by atoms with E-state index in [4.69, 9.17) is 10.2 Å². The van der Waals surface area contributed by atoms with Crippen molar-refractivity contribution in [3.63, 3.8) is 0 Å². The highest BCUT2D eigenvalue weighted by atomic mass is 16.3. The average molecular weight is 588 g/mol. The van der Waals surface area contributed by atoms with Crippen LogP contribution in [0.15, 0.2) is 36.5 Å². The van der Waals surface area contributed by atoms with Gasteiger partial charge in [-0.05, 0) is 46.0 Å². The van der Waals surface area contributed by atoms with Crippen LogP contribution in [0.2, 0.25) is 0 Å². The molecule has 9 N–H and O–H groups in total. The molecule has 2 atom stereocenters. The van der Waals surface area contributed by atoms with Gasteiger partial charge in [-0.2, -0.15) is 0 Å². The molecule has 3 rings (SSSR count). The standard InChI is InChI=1S/C31H49N5O6/c1-22-12-24(16-33-28(39)20-37)30(41)26(14-22)18-35-8-3-6-32-7-4-9-36(11-5-10-35)19-27-15-23(2)13-25(31(27)42)17-34-29(40)21-38/h5,10,12-15,28-29,32-34,37-42H,3-4,6-9,11,16-21H2,1-2H3/b10-5-. The Labute approximate surface area is 249 Å². The fourth-order valence-electron chi connectivity index (χ4n) is 5.17. The van der Waals surface area contributed by atoms with E-state index in [0.717, 1.165) is 61.3 Å². The number of nitrogens with one attached hydrogen (secondary N) is 3. The summed E-state index contributed by atoms with van der Waals surface area (Å²) in [4.78, 5) is 4.47. The van der Waals surface area contributed by atoms with Gasteiger partial charge in [0, 0.05) is 68.1 Å². The molecule has 0 aliphatic carbocycles. The lowest BCUT2D eigenvalue weighted by atomic mass is 10.0. The Morgan fingerprint density at radius 1 is 0.762 bits per heavy atom. The first-order valence-corrected chi connectivity index (χ1v) is 14.7. The highest BCUT2D eigenvalue weighted by Crippen LogP contribution is 2.28. The van der Waals surface area contributed by atoms with Crippen LogP contribution in [-0.4, -0.2) is 98.8 Å². The van der Waals surface area contributed by atoms with Gasteiger partial charge < -0.3 is 40.9 Å². The first-order valence-electron chi connectivity index (χ1n) is 14.7. The van der Waals surface area contributed by atoms with Gasteiger partial charge >= 0.3 is 0 Å². The molecule has 0 fully saturated rings. The number of rotatable bonds is 12. The molecule has 0 aromatic heterocycles. The van der Waals surface area contributed by atoms with E-state index in [2.05, 4.69) is 38.0 Å². The van der Waals surface area contributed by atoms with Crippen LogP contribution in [0.25, 0.3) is 0 Å². The van der Waals surface area contributed by atoms with Crippen LogP contribution in [-0.2, 0) is 26.2 Å². The molecular formula is C31H49N5O6. The highest BCUT2D eigenvalue weighted by molar-refractivity contribution is 5.44. The van der Waals surface area contributed by atoms with Crippen molar-refractivity contribution in [1.82, 2.24) is 25.8 Å². The molecule has 0 amide bonds. The highest BCUT2D eigenvalue weighted by Gasteiger charge is 2.16. The normalized spacial score (nSPS) is 17.8. The fourth-order valence-corrected chi connectivity index (χ4v) is 5.17. The van der Waals surface area contributed by atoms with Crippen LogP contribution in [0.5, 0.6) is 11.5 Å². The van der Waals surface area contributed by atoms with Crippen LogP contribution in [0.4, 0.5) is 0 Å². The van der Waals surface area contributed by atoms with Crippen LogP contribution >= 0.6 is 0 Å². The van der Waals surface area contributed by atoms with Crippen molar-refractivity contribution in [3.05, 3.63) is 69.9 Å². The summed E-state index contributed by atoms with van der Waals surface area (Å²) in [7, 11) is 0. The maximum absolute atomic E-state index is 11.0. The molecule has 42 heavy (non-hydrogen) atoms. The molecule has 1 aliphatic heterocycles. The monoisotopic (exact) mass is 587 g/mol. The van der Waals surface area contributed by atoms with E-state index >= 15 is 0 Å². The Morgan fingerprint density at radius 2 is 1.26 bits per heavy atom.